The molecule has 2 N–H and O–H groups in total. The highest BCUT2D eigenvalue weighted by atomic mass is 32.2. The van der Waals surface area contributed by atoms with Gasteiger partial charge in [0.2, 0.25) is 0 Å². The van der Waals surface area contributed by atoms with Crippen LogP contribution in [0.5, 0.6) is 0 Å². The lowest BCUT2D eigenvalue weighted by molar-refractivity contribution is -0.139. The maximum atomic E-state index is 12.3. The van der Waals surface area contributed by atoms with Gasteiger partial charge in [-0.25, -0.2) is 4.79 Å². The molecule has 0 aliphatic rings. The highest BCUT2D eigenvalue weighted by Crippen LogP contribution is 2.11. The summed E-state index contributed by atoms with van der Waals surface area (Å²) in [6.45, 7) is 3.75. The number of carboxylic acid groups (broad SMARTS) is 1. The number of aliphatic carboxylic acids is 1. The minimum atomic E-state index is -1.30. The Bertz CT molecular complexity index is 769. The Labute approximate surface area is 149 Å². The molecule has 1 amide bonds. The van der Waals surface area contributed by atoms with Crippen LogP contribution in [0.25, 0.3) is 0 Å². The van der Waals surface area contributed by atoms with E-state index >= 15 is 0 Å². The molecule has 132 valence electrons. The van der Waals surface area contributed by atoms with Crippen LogP contribution in [0.3, 0.4) is 0 Å². The number of amides is 1. The number of carbonyl (C=O) groups excluding carboxylic acids is 1. The summed E-state index contributed by atoms with van der Waals surface area (Å²) in [7, 11) is -1.30. The third kappa shape index (κ3) is 5.53. The summed E-state index contributed by atoms with van der Waals surface area (Å²) < 4.78 is 12.2. The molecule has 0 bridgehead atoms. The lowest BCUT2D eigenvalue weighted by atomic mass is 10.1. The van der Waals surface area contributed by atoms with E-state index in [-0.39, 0.29) is 12.2 Å². The highest BCUT2D eigenvalue weighted by Gasteiger charge is 2.22. The fourth-order valence-electron chi connectivity index (χ4n) is 2.52. The Morgan fingerprint density at radius 2 is 1.68 bits per heavy atom. The number of hydrogen-bond acceptors (Lipinski definition) is 3. The fourth-order valence-corrected chi connectivity index (χ4v) is 3.67. The van der Waals surface area contributed by atoms with Gasteiger partial charge in [0.25, 0.3) is 5.91 Å². The van der Waals surface area contributed by atoms with Crippen molar-refractivity contribution in [1.29, 1.82) is 0 Å². The quantitative estimate of drug-likeness (QED) is 0.796. The van der Waals surface area contributed by atoms with E-state index in [0.29, 0.717) is 10.5 Å². The molecule has 0 unspecified atom stereocenters. The standard InChI is InChI=1S/C19H21NO4S/c1-13-10-14(2)12-15(11-13)18(21)20-17(19(22)23)8-9-25(24)16-6-4-3-5-7-16/h3-7,10-12,17H,8-9H2,1-2H3,(H,20,21)(H,22,23)/t17-,25+/m1/s1. The molecule has 2 aromatic carbocycles. The Balaban J connectivity index is 2.02. The van der Waals surface area contributed by atoms with E-state index in [2.05, 4.69) is 5.32 Å². The molecular weight excluding hydrogens is 338 g/mol. The number of carboxylic acids is 1. The first-order chi connectivity index (χ1) is 11.9. The number of hydrogen-bond donors (Lipinski definition) is 2. The van der Waals surface area contributed by atoms with E-state index in [1.807, 2.05) is 26.0 Å². The summed E-state index contributed by atoms with van der Waals surface area (Å²) in [6.07, 6.45) is 0.0907. The van der Waals surface area contributed by atoms with Gasteiger partial charge in [-0.2, -0.15) is 0 Å². The first-order valence-corrected chi connectivity index (χ1v) is 9.24. The van der Waals surface area contributed by atoms with Gasteiger partial charge in [-0.1, -0.05) is 35.4 Å². The van der Waals surface area contributed by atoms with Crippen LogP contribution in [-0.4, -0.2) is 33.0 Å². The highest BCUT2D eigenvalue weighted by molar-refractivity contribution is 7.85. The summed E-state index contributed by atoms with van der Waals surface area (Å²) in [5.41, 5.74) is 2.29. The van der Waals surface area contributed by atoms with Gasteiger partial charge in [0, 0.05) is 16.2 Å². The van der Waals surface area contributed by atoms with E-state index in [1.165, 1.54) is 0 Å². The third-order valence-electron chi connectivity index (χ3n) is 3.69. The zero-order valence-electron chi connectivity index (χ0n) is 14.2. The van der Waals surface area contributed by atoms with Gasteiger partial charge in [0.05, 0.1) is 10.8 Å². The first-order valence-electron chi connectivity index (χ1n) is 7.92. The molecule has 0 heterocycles. The van der Waals surface area contributed by atoms with Crippen LogP contribution in [-0.2, 0) is 15.6 Å². The van der Waals surface area contributed by atoms with Crippen LogP contribution in [0.4, 0.5) is 0 Å². The molecule has 0 aliphatic heterocycles. The average molecular weight is 359 g/mol. The molecule has 6 heteroatoms. The van der Waals surface area contributed by atoms with Gasteiger partial charge in [0.15, 0.2) is 0 Å². The minimum absolute atomic E-state index is 0.0907. The minimum Gasteiger partial charge on any atom is -0.480 e. The van der Waals surface area contributed by atoms with Gasteiger partial charge >= 0.3 is 5.97 Å². The number of benzene rings is 2. The Kier molecular flexibility index (Phi) is 6.47. The van der Waals surface area contributed by atoms with Crippen LogP contribution in [0.15, 0.2) is 53.4 Å². The van der Waals surface area contributed by atoms with Crippen molar-refractivity contribution in [2.24, 2.45) is 0 Å². The molecule has 0 radical (unpaired) electrons. The fraction of sp³-hybridized carbons (Fsp3) is 0.263. The molecular formula is C19H21NO4S. The zero-order valence-corrected chi connectivity index (χ0v) is 15.0. The van der Waals surface area contributed by atoms with Crippen LogP contribution in [0, 0.1) is 13.8 Å². The maximum Gasteiger partial charge on any atom is 0.326 e. The molecule has 0 saturated carbocycles. The van der Waals surface area contributed by atoms with Crippen molar-refractivity contribution in [3.8, 4) is 0 Å². The van der Waals surface area contributed by atoms with Gasteiger partial charge in [-0.15, -0.1) is 0 Å². The summed E-state index contributed by atoms with van der Waals surface area (Å²) in [5.74, 6) is -1.42. The van der Waals surface area contributed by atoms with Gasteiger partial charge in [0.1, 0.15) is 6.04 Å². The molecule has 2 rings (SSSR count). The molecule has 2 aromatic rings. The second-order valence-electron chi connectivity index (χ2n) is 5.89. The van der Waals surface area contributed by atoms with Crippen molar-refractivity contribution in [1.82, 2.24) is 5.32 Å². The largest absolute Gasteiger partial charge is 0.480 e. The first kappa shape index (κ1) is 18.9. The monoisotopic (exact) mass is 359 g/mol. The molecule has 5 nitrogen and oxygen atoms in total. The molecule has 2 atom stereocenters. The predicted octanol–water partition coefficient (Wildman–Crippen LogP) is 2.68. The molecule has 0 spiro atoms. The van der Waals surface area contributed by atoms with Crippen LogP contribution in [0.1, 0.15) is 27.9 Å². The number of rotatable bonds is 7. The number of aryl methyl sites for hydroxylation is 2. The number of nitrogens with one attached hydrogen (secondary N) is 1. The zero-order chi connectivity index (χ0) is 18.4. The summed E-state index contributed by atoms with van der Waals surface area (Å²) >= 11 is 0. The Morgan fingerprint density at radius 3 is 2.24 bits per heavy atom. The van der Waals surface area contributed by atoms with Crippen molar-refractivity contribution >= 4 is 22.7 Å². The van der Waals surface area contributed by atoms with Gasteiger partial charge in [-0.3, -0.25) is 9.00 Å². The van der Waals surface area contributed by atoms with Crippen LogP contribution in [0.2, 0.25) is 0 Å². The van der Waals surface area contributed by atoms with E-state index in [1.54, 1.807) is 36.4 Å². The summed E-state index contributed by atoms with van der Waals surface area (Å²) in [4.78, 5) is 24.4. The van der Waals surface area contributed by atoms with E-state index < -0.39 is 28.7 Å². The average Bonchev–Trinajstić information content (AvgIpc) is 2.57. The molecule has 0 aliphatic carbocycles. The van der Waals surface area contributed by atoms with Crippen molar-refractivity contribution in [2.45, 2.75) is 31.2 Å². The van der Waals surface area contributed by atoms with Crippen LogP contribution >= 0.6 is 0 Å². The van der Waals surface area contributed by atoms with Crippen molar-refractivity contribution in [3.05, 3.63) is 65.2 Å². The molecule has 0 saturated heterocycles. The summed E-state index contributed by atoms with van der Waals surface area (Å²) in [5, 5.41) is 11.9. The van der Waals surface area contributed by atoms with Gasteiger partial charge < -0.3 is 10.4 Å². The summed E-state index contributed by atoms with van der Waals surface area (Å²) in [6, 6.07) is 13.1. The van der Waals surface area contributed by atoms with E-state index in [0.717, 1.165) is 11.1 Å². The van der Waals surface area contributed by atoms with E-state index in [4.69, 9.17) is 0 Å². The molecule has 0 aromatic heterocycles. The van der Waals surface area contributed by atoms with Gasteiger partial charge in [-0.05, 0) is 44.5 Å². The second-order valence-corrected chi connectivity index (χ2v) is 7.46. The Morgan fingerprint density at radius 1 is 1.08 bits per heavy atom. The Hall–Kier alpha value is -2.47. The van der Waals surface area contributed by atoms with Crippen molar-refractivity contribution in [2.75, 3.05) is 5.75 Å². The van der Waals surface area contributed by atoms with Crippen molar-refractivity contribution < 1.29 is 18.9 Å². The predicted molar refractivity (Wildman–Crippen MR) is 97.1 cm³/mol. The molecule has 25 heavy (non-hydrogen) atoms. The second kappa shape index (κ2) is 8.58. The SMILES string of the molecule is Cc1cc(C)cc(C(=O)N[C@H](CC[S@](=O)c2ccccc2)C(=O)O)c1. The maximum absolute atomic E-state index is 12.3. The normalized spacial score (nSPS) is 13.0. The smallest absolute Gasteiger partial charge is 0.326 e. The third-order valence-corrected chi connectivity index (χ3v) is 5.09. The number of carbonyl (C=O) groups is 2. The van der Waals surface area contributed by atoms with Crippen LogP contribution < -0.4 is 5.32 Å². The van der Waals surface area contributed by atoms with Crippen molar-refractivity contribution in [3.63, 3.8) is 0 Å². The topological polar surface area (TPSA) is 83.5 Å². The molecule has 0 fully saturated rings. The van der Waals surface area contributed by atoms with E-state index in [9.17, 15) is 18.9 Å². The lowest BCUT2D eigenvalue weighted by Gasteiger charge is -2.15. The lowest BCUT2D eigenvalue weighted by Crippen LogP contribution is -2.41.